The maximum atomic E-state index is 10.3. The molecule has 118 valence electrons. The van der Waals surface area contributed by atoms with E-state index in [4.69, 9.17) is 14.9 Å². The van der Waals surface area contributed by atoms with E-state index < -0.39 is 6.10 Å². The SMILES string of the molecule is Cc1oc(-c2ccccc2)nc1C(O)COc1ccc(N)cc1. The average molecular weight is 310 g/mol. The molecule has 3 N–H and O–H groups in total. The van der Waals surface area contributed by atoms with E-state index in [9.17, 15) is 5.11 Å². The summed E-state index contributed by atoms with van der Waals surface area (Å²) in [5.74, 6) is 1.71. The number of anilines is 1. The second kappa shape index (κ2) is 6.54. The number of hydrogen-bond donors (Lipinski definition) is 2. The van der Waals surface area contributed by atoms with E-state index in [1.54, 1.807) is 31.2 Å². The first-order valence-corrected chi connectivity index (χ1v) is 7.32. The minimum atomic E-state index is -0.867. The molecule has 0 saturated carbocycles. The molecule has 0 aliphatic rings. The number of oxazole rings is 1. The first kappa shape index (κ1) is 15.1. The monoisotopic (exact) mass is 310 g/mol. The number of nitrogens with zero attached hydrogens (tertiary/aromatic N) is 1. The number of aliphatic hydroxyl groups is 1. The Bertz CT molecular complexity index is 767. The molecule has 0 bridgehead atoms. The van der Waals surface area contributed by atoms with Crippen LogP contribution in [-0.2, 0) is 0 Å². The number of nitrogens with two attached hydrogens (primary N) is 1. The molecular formula is C18H18N2O3. The van der Waals surface area contributed by atoms with Crippen LogP contribution in [0.2, 0.25) is 0 Å². The van der Waals surface area contributed by atoms with Gasteiger partial charge in [-0.05, 0) is 43.3 Å². The molecule has 0 fully saturated rings. The van der Waals surface area contributed by atoms with Gasteiger partial charge in [-0.2, -0.15) is 0 Å². The van der Waals surface area contributed by atoms with Gasteiger partial charge >= 0.3 is 0 Å². The van der Waals surface area contributed by atoms with Crippen LogP contribution >= 0.6 is 0 Å². The summed E-state index contributed by atoms with van der Waals surface area (Å²) < 4.78 is 11.2. The lowest BCUT2D eigenvalue weighted by atomic mass is 10.2. The van der Waals surface area contributed by atoms with Crippen molar-refractivity contribution in [3.05, 3.63) is 66.1 Å². The summed E-state index contributed by atoms with van der Waals surface area (Å²) in [7, 11) is 0. The van der Waals surface area contributed by atoms with Crippen molar-refractivity contribution in [2.75, 3.05) is 12.3 Å². The largest absolute Gasteiger partial charge is 0.490 e. The molecule has 1 atom stereocenters. The molecule has 2 aromatic carbocycles. The third-order valence-electron chi connectivity index (χ3n) is 3.46. The summed E-state index contributed by atoms with van der Waals surface area (Å²) in [6, 6.07) is 16.6. The molecule has 23 heavy (non-hydrogen) atoms. The highest BCUT2D eigenvalue weighted by Gasteiger charge is 2.19. The van der Waals surface area contributed by atoms with Gasteiger partial charge in [0.1, 0.15) is 29.9 Å². The maximum absolute atomic E-state index is 10.3. The van der Waals surface area contributed by atoms with E-state index in [1.807, 2.05) is 30.3 Å². The molecule has 1 heterocycles. The Morgan fingerprint density at radius 3 is 2.52 bits per heavy atom. The minimum Gasteiger partial charge on any atom is -0.490 e. The molecular weight excluding hydrogens is 292 g/mol. The number of benzene rings is 2. The lowest BCUT2D eigenvalue weighted by Gasteiger charge is -2.10. The van der Waals surface area contributed by atoms with E-state index in [0.717, 1.165) is 5.56 Å². The molecule has 0 aliphatic carbocycles. The summed E-state index contributed by atoms with van der Waals surface area (Å²) in [4.78, 5) is 4.39. The van der Waals surface area contributed by atoms with Crippen molar-refractivity contribution in [3.63, 3.8) is 0 Å². The van der Waals surface area contributed by atoms with Crippen molar-refractivity contribution in [2.24, 2.45) is 0 Å². The highest BCUT2D eigenvalue weighted by atomic mass is 16.5. The Kier molecular flexibility index (Phi) is 4.30. The fraction of sp³-hybridized carbons (Fsp3) is 0.167. The van der Waals surface area contributed by atoms with Crippen LogP contribution in [0.25, 0.3) is 11.5 Å². The number of rotatable bonds is 5. The van der Waals surface area contributed by atoms with Gasteiger partial charge in [0.05, 0.1) is 0 Å². The number of ether oxygens (including phenoxy) is 1. The van der Waals surface area contributed by atoms with Crippen LogP contribution in [0, 0.1) is 6.92 Å². The molecule has 0 saturated heterocycles. The van der Waals surface area contributed by atoms with Gasteiger partial charge in [0.2, 0.25) is 5.89 Å². The summed E-state index contributed by atoms with van der Waals surface area (Å²) in [5.41, 5.74) is 7.64. The Morgan fingerprint density at radius 1 is 1.13 bits per heavy atom. The Balaban J connectivity index is 1.71. The van der Waals surface area contributed by atoms with Crippen LogP contribution in [0.15, 0.2) is 59.0 Å². The first-order valence-electron chi connectivity index (χ1n) is 7.32. The third kappa shape index (κ3) is 3.52. The zero-order valence-electron chi connectivity index (χ0n) is 12.8. The van der Waals surface area contributed by atoms with E-state index in [1.165, 1.54) is 0 Å². The molecule has 3 rings (SSSR count). The van der Waals surface area contributed by atoms with Crippen LogP contribution in [0.5, 0.6) is 5.75 Å². The van der Waals surface area contributed by atoms with Gasteiger partial charge in [-0.15, -0.1) is 0 Å². The zero-order chi connectivity index (χ0) is 16.2. The van der Waals surface area contributed by atoms with E-state index >= 15 is 0 Å². The van der Waals surface area contributed by atoms with Gasteiger partial charge in [-0.3, -0.25) is 0 Å². The number of aryl methyl sites for hydroxylation is 1. The zero-order valence-corrected chi connectivity index (χ0v) is 12.8. The maximum Gasteiger partial charge on any atom is 0.226 e. The quantitative estimate of drug-likeness (QED) is 0.706. The van der Waals surface area contributed by atoms with Crippen molar-refractivity contribution in [2.45, 2.75) is 13.0 Å². The predicted molar refractivity (Wildman–Crippen MR) is 88.0 cm³/mol. The van der Waals surface area contributed by atoms with Gasteiger partial charge in [-0.25, -0.2) is 4.98 Å². The van der Waals surface area contributed by atoms with Crippen molar-refractivity contribution in [1.29, 1.82) is 0 Å². The summed E-state index contributed by atoms with van der Waals surface area (Å²) in [5, 5.41) is 10.3. The Morgan fingerprint density at radius 2 is 1.83 bits per heavy atom. The average Bonchev–Trinajstić information content (AvgIpc) is 2.97. The van der Waals surface area contributed by atoms with Gasteiger partial charge in [0, 0.05) is 11.3 Å². The van der Waals surface area contributed by atoms with E-state index in [-0.39, 0.29) is 6.61 Å². The fourth-order valence-electron chi connectivity index (χ4n) is 2.24. The fourth-order valence-corrected chi connectivity index (χ4v) is 2.24. The first-order chi connectivity index (χ1) is 11.1. The number of aromatic nitrogens is 1. The van der Waals surface area contributed by atoms with E-state index in [0.29, 0.717) is 28.8 Å². The van der Waals surface area contributed by atoms with Gasteiger partial charge in [0.25, 0.3) is 0 Å². The number of aliphatic hydroxyl groups excluding tert-OH is 1. The van der Waals surface area contributed by atoms with Crippen molar-refractivity contribution in [1.82, 2.24) is 4.98 Å². The van der Waals surface area contributed by atoms with Crippen molar-refractivity contribution < 1.29 is 14.3 Å². The van der Waals surface area contributed by atoms with Crippen molar-refractivity contribution in [3.8, 4) is 17.2 Å². The predicted octanol–water partition coefficient (Wildman–Crippen LogP) is 3.34. The molecule has 0 aliphatic heterocycles. The smallest absolute Gasteiger partial charge is 0.226 e. The van der Waals surface area contributed by atoms with Gasteiger partial charge in [-0.1, -0.05) is 18.2 Å². The van der Waals surface area contributed by atoms with Crippen molar-refractivity contribution >= 4 is 5.69 Å². The molecule has 1 unspecified atom stereocenters. The van der Waals surface area contributed by atoms with Crippen LogP contribution in [0.3, 0.4) is 0 Å². The Labute approximate surface area is 134 Å². The van der Waals surface area contributed by atoms with Gasteiger partial charge < -0.3 is 20.0 Å². The van der Waals surface area contributed by atoms with Crippen LogP contribution in [0.1, 0.15) is 17.6 Å². The number of hydrogen-bond acceptors (Lipinski definition) is 5. The summed E-state index contributed by atoms with van der Waals surface area (Å²) >= 11 is 0. The lowest BCUT2D eigenvalue weighted by Crippen LogP contribution is -2.11. The van der Waals surface area contributed by atoms with Gasteiger partial charge in [0.15, 0.2) is 0 Å². The molecule has 5 nitrogen and oxygen atoms in total. The summed E-state index contributed by atoms with van der Waals surface area (Å²) in [6.07, 6.45) is -0.867. The number of nitrogen functional groups attached to an aromatic ring is 1. The summed E-state index contributed by atoms with van der Waals surface area (Å²) in [6.45, 7) is 1.87. The van der Waals surface area contributed by atoms with Crippen LogP contribution in [-0.4, -0.2) is 16.7 Å². The highest BCUT2D eigenvalue weighted by molar-refractivity contribution is 5.53. The molecule has 5 heteroatoms. The molecule has 0 radical (unpaired) electrons. The van der Waals surface area contributed by atoms with Crippen LogP contribution < -0.4 is 10.5 Å². The normalized spacial score (nSPS) is 12.1. The van der Waals surface area contributed by atoms with Crippen LogP contribution in [0.4, 0.5) is 5.69 Å². The van der Waals surface area contributed by atoms with E-state index in [2.05, 4.69) is 4.98 Å². The standard InChI is InChI=1S/C18H18N2O3/c1-12-17(20-18(23-12)13-5-3-2-4-6-13)16(21)11-22-15-9-7-14(19)8-10-15/h2-10,16,21H,11,19H2,1H3. The molecule has 0 spiro atoms. The Hall–Kier alpha value is -2.79. The molecule has 1 aromatic heterocycles. The molecule has 0 amide bonds. The second-order valence-electron chi connectivity index (χ2n) is 5.22. The highest BCUT2D eigenvalue weighted by Crippen LogP contribution is 2.25. The minimum absolute atomic E-state index is 0.0888. The third-order valence-corrected chi connectivity index (χ3v) is 3.46. The second-order valence-corrected chi connectivity index (χ2v) is 5.22. The topological polar surface area (TPSA) is 81.5 Å². The molecule has 3 aromatic rings. The lowest BCUT2D eigenvalue weighted by molar-refractivity contribution is 0.104.